The molecule has 0 radical (unpaired) electrons. The van der Waals surface area contributed by atoms with Gasteiger partial charge >= 0.3 is 18.3 Å². The summed E-state index contributed by atoms with van der Waals surface area (Å²) in [4.78, 5) is 28.6. The minimum absolute atomic E-state index is 0.288. The lowest BCUT2D eigenvalue weighted by Gasteiger charge is -2.26. The maximum Gasteiger partial charge on any atom is 0.509 e. The molecule has 4 N–H and O–H groups in total. The quantitative estimate of drug-likeness (QED) is 0.594. The van der Waals surface area contributed by atoms with Crippen LogP contribution in [0.2, 0.25) is 0 Å². The summed E-state index contributed by atoms with van der Waals surface area (Å²) >= 11 is 0. The Morgan fingerprint density at radius 1 is 1.41 bits per heavy atom. The number of aliphatic hydroxyl groups is 1. The van der Waals surface area contributed by atoms with Crippen LogP contribution in [0, 0.1) is 0 Å². The number of nitrogens with zero attached hydrogens (tertiary/aromatic N) is 3. The number of nitrogen functional groups attached to an aromatic ring is 1. The van der Waals surface area contributed by atoms with Crippen LogP contribution in [-0.4, -0.2) is 67.5 Å². The molecule has 2 aromatic heterocycles. The van der Waals surface area contributed by atoms with Gasteiger partial charge in [0, 0.05) is 6.20 Å². The van der Waals surface area contributed by atoms with Crippen LogP contribution in [0.3, 0.4) is 0 Å². The van der Waals surface area contributed by atoms with Crippen molar-refractivity contribution in [1.82, 2.24) is 14.5 Å². The van der Waals surface area contributed by atoms with Gasteiger partial charge in [0.15, 0.2) is 17.9 Å². The van der Waals surface area contributed by atoms with Crippen LogP contribution < -0.4 is 5.73 Å². The molecule has 0 unspecified atom stereocenters. The number of carboxylic acid groups (broad SMARTS) is 1. The number of halogens is 3. The molecule has 0 bridgehead atoms. The van der Waals surface area contributed by atoms with Crippen LogP contribution in [0.4, 0.5) is 23.8 Å². The van der Waals surface area contributed by atoms with E-state index in [0.29, 0.717) is 16.9 Å². The monoisotopic (exact) mass is 420 g/mol. The molecule has 4 heterocycles. The molecule has 0 aliphatic carbocycles. The summed E-state index contributed by atoms with van der Waals surface area (Å²) in [7, 11) is 0. The number of aromatic nitrogens is 3. The summed E-state index contributed by atoms with van der Waals surface area (Å²) in [6.07, 6.45) is -4.82. The highest BCUT2D eigenvalue weighted by molar-refractivity contribution is 5.86. The van der Waals surface area contributed by atoms with Crippen molar-refractivity contribution in [2.75, 3.05) is 12.3 Å². The Kier molecular flexibility index (Phi) is 5.00. The molecular formula is C15H15F3N4O7. The fourth-order valence-electron chi connectivity index (χ4n) is 3.15. The molecule has 0 amide bonds. The predicted molar refractivity (Wildman–Crippen MR) is 86.4 cm³/mol. The van der Waals surface area contributed by atoms with Gasteiger partial charge in [0.05, 0.1) is 12.0 Å². The third kappa shape index (κ3) is 3.51. The first kappa shape index (κ1) is 20.6. The first-order chi connectivity index (χ1) is 13.5. The second-order valence-corrected chi connectivity index (χ2v) is 6.31. The average molecular weight is 420 g/mol. The summed E-state index contributed by atoms with van der Waals surface area (Å²) in [5.41, 5.74) is 5.32. The third-order valence-corrected chi connectivity index (χ3v) is 4.44. The molecule has 14 heteroatoms. The van der Waals surface area contributed by atoms with E-state index in [2.05, 4.69) is 9.97 Å². The summed E-state index contributed by atoms with van der Waals surface area (Å²) in [5, 5.41) is 17.3. The van der Waals surface area contributed by atoms with Gasteiger partial charge in [0.2, 0.25) is 0 Å². The van der Waals surface area contributed by atoms with Gasteiger partial charge in [0.25, 0.3) is 0 Å². The van der Waals surface area contributed by atoms with Crippen molar-refractivity contribution >= 4 is 29.0 Å². The van der Waals surface area contributed by atoms with Crippen LogP contribution in [0.25, 0.3) is 11.0 Å². The van der Waals surface area contributed by atoms with E-state index < -0.39 is 42.3 Å². The smallest absolute Gasteiger partial charge is 0.475 e. The summed E-state index contributed by atoms with van der Waals surface area (Å²) in [6, 6.07) is 1.76. The fourth-order valence-corrected chi connectivity index (χ4v) is 3.15. The minimum Gasteiger partial charge on any atom is -0.475 e. The molecular weight excluding hydrogens is 405 g/mol. The van der Waals surface area contributed by atoms with Gasteiger partial charge in [-0.05, 0) is 13.0 Å². The van der Waals surface area contributed by atoms with E-state index in [1.54, 1.807) is 23.8 Å². The third-order valence-electron chi connectivity index (χ3n) is 4.44. The number of alkyl halides is 3. The number of aliphatic carboxylic acids is 1. The molecule has 0 aromatic carbocycles. The van der Waals surface area contributed by atoms with Crippen molar-refractivity contribution in [3.05, 3.63) is 18.6 Å². The van der Waals surface area contributed by atoms with Crippen LogP contribution in [0.5, 0.6) is 0 Å². The van der Waals surface area contributed by atoms with E-state index in [-0.39, 0.29) is 6.61 Å². The zero-order chi connectivity index (χ0) is 21.6. The van der Waals surface area contributed by atoms with Crippen molar-refractivity contribution < 1.29 is 47.2 Å². The fraction of sp³-hybridized carbons (Fsp3) is 0.467. The first-order valence-corrected chi connectivity index (χ1v) is 8.02. The SMILES string of the molecule is C[C@@]12OC(=O)O[C@@H]1[C@@H](CO)O[C@H]2n1ccc2c(N)ncnc21.O=C(O)C(F)(F)F. The Morgan fingerprint density at radius 3 is 2.66 bits per heavy atom. The molecule has 158 valence electrons. The molecule has 0 saturated carbocycles. The molecule has 4 rings (SSSR count). The minimum atomic E-state index is -5.08. The van der Waals surface area contributed by atoms with Gasteiger partial charge in [-0.3, -0.25) is 0 Å². The highest BCUT2D eigenvalue weighted by Crippen LogP contribution is 2.47. The molecule has 2 aromatic rings. The van der Waals surface area contributed by atoms with Crippen molar-refractivity contribution in [2.45, 2.75) is 37.1 Å². The second-order valence-electron chi connectivity index (χ2n) is 6.31. The molecule has 29 heavy (non-hydrogen) atoms. The maximum atomic E-state index is 11.5. The molecule has 4 atom stereocenters. The Labute approximate surface area is 159 Å². The number of anilines is 1. The molecule has 0 spiro atoms. The van der Waals surface area contributed by atoms with Crippen molar-refractivity contribution in [3.8, 4) is 0 Å². The van der Waals surface area contributed by atoms with Gasteiger partial charge in [-0.2, -0.15) is 13.2 Å². The largest absolute Gasteiger partial charge is 0.509 e. The van der Waals surface area contributed by atoms with Crippen LogP contribution in [0.15, 0.2) is 18.6 Å². The lowest BCUT2D eigenvalue weighted by Crippen LogP contribution is -2.41. The van der Waals surface area contributed by atoms with E-state index >= 15 is 0 Å². The Bertz CT molecular complexity index is 950. The van der Waals surface area contributed by atoms with Gasteiger partial charge in [-0.25, -0.2) is 19.6 Å². The first-order valence-electron chi connectivity index (χ1n) is 8.02. The van der Waals surface area contributed by atoms with Gasteiger partial charge in [-0.15, -0.1) is 0 Å². The number of carbonyl (C=O) groups excluding carboxylic acids is 1. The molecule has 2 aliphatic rings. The van der Waals surface area contributed by atoms with Crippen molar-refractivity contribution in [3.63, 3.8) is 0 Å². The number of carbonyl (C=O) groups is 2. The predicted octanol–water partition coefficient (Wildman–Crippen LogP) is 0.831. The normalized spacial score (nSPS) is 28.3. The van der Waals surface area contributed by atoms with E-state index in [0.717, 1.165) is 0 Å². The average Bonchev–Trinajstić information content (AvgIpc) is 3.24. The van der Waals surface area contributed by atoms with Crippen LogP contribution in [-0.2, 0) is 19.0 Å². The standard InChI is InChI=1S/C13H14N4O5.C2HF3O2/c1-13-8(21-12(19)22-13)7(4-18)20-11(13)17-3-2-6-9(14)15-5-16-10(6)17;3-2(4,5)1(6)7/h2-3,5,7-8,11,18H,4H2,1H3,(H2,14,15,16);(H,6,7)/t7-,8-,11-,13-;/m1./s1. The molecule has 11 nitrogen and oxygen atoms in total. The van der Waals surface area contributed by atoms with Gasteiger partial charge < -0.3 is 34.7 Å². The maximum absolute atomic E-state index is 11.5. The number of rotatable bonds is 2. The molecule has 2 saturated heterocycles. The number of carboxylic acids is 1. The Hall–Kier alpha value is -3.13. The summed E-state index contributed by atoms with van der Waals surface area (Å²) in [6.45, 7) is 1.42. The number of hydrogen-bond donors (Lipinski definition) is 3. The number of aliphatic hydroxyl groups excluding tert-OH is 1. The van der Waals surface area contributed by atoms with Crippen LogP contribution in [0.1, 0.15) is 13.2 Å². The highest BCUT2D eigenvalue weighted by atomic mass is 19.4. The van der Waals surface area contributed by atoms with E-state index in [9.17, 15) is 23.1 Å². The zero-order valence-corrected chi connectivity index (χ0v) is 14.7. The number of hydrogen-bond acceptors (Lipinski definition) is 9. The van der Waals surface area contributed by atoms with Crippen LogP contribution >= 0.6 is 0 Å². The number of ether oxygens (including phenoxy) is 3. The van der Waals surface area contributed by atoms with E-state index in [1.807, 2.05) is 0 Å². The highest BCUT2D eigenvalue weighted by Gasteiger charge is 2.64. The lowest BCUT2D eigenvalue weighted by molar-refractivity contribution is -0.192. The number of fused-ring (bicyclic) bond motifs is 2. The van der Waals surface area contributed by atoms with Gasteiger partial charge in [0.1, 0.15) is 23.9 Å². The Morgan fingerprint density at radius 2 is 2.07 bits per heavy atom. The van der Waals surface area contributed by atoms with E-state index in [1.165, 1.54) is 6.33 Å². The lowest BCUT2D eigenvalue weighted by atomic mass is 9.96. The van der Waals surface area contributed by atoms with Gasteiger partial charge in [-0.1, -0.05) is 0 Å². The second kappa shape index (κ2) is 7.04. The van der Waals surface area contributed by atoms with E-state index in [4.69, 9.17) is 29.8 Å². The summed E-state index contributed by atoms with van der Waals surface area (Å²) < 4.78 is 49.7. The Balaban J connectivity index is 0.000000298. The zero-order valence-electron chi connectivity index (χ0n) is 14.7. The topological polar surface area (TPSA) is 159 Å². The summed E-state index contributed by atoms with van der Waals surface area (Å²) in [5.74, 6) is -2.41. The number of nitrogens with two attached hydrogens (primary N) is 1. The molecule has 2 fully saturated rings. The van der Waals surface area contributed by atoms with Crippen molar-refractivity contribution in [1.29, 1.82) is 0 Å². The van der Waals surface area contributed by atoms with Crippen molar-refractivity contribution in [2.24, 2.45) is 0 Å². The molecule has 2 aliphatic heterocycles.